The van der Waals surface area contributed by atoms with Gasteiger partial charge in [0.25, 0.3) is 0 Å². The van der Waals surface area contributed by atoms with E-state index in [0.29, 0.717) is 5.92 Å². The van der Waals surface area contributed by atoms with Crippen molar-refractivity contribution in [3.8, 4) is 0 Å². The number of hydrogen-bond donors (Lipinski definition) is 3. The van der Waals surface area contributed by atoms with Gasteiger partial charge < -0.3 is 15.6 Å². The summed E-state index contributed by atoms with van der Waals surface area (Å²) in [5.41, 5.74) is 4.70. The van der Waals surface area contributed by atoms with E-state index in [1.165, 1.54) is 16.6 Å². The third kappa shape index (κ3) is 2.95. The highest BCUT2D eigenvalue weighted by atomic mass is 16.2. The van der Waals surface area contributed by atoms with Gasteiger partial charge in [-0.1, -0.05) is 13.8 Å². The number of rotatable bonds is 3. The molecule has 0 radical (unpaired) electrons. The Morgan fingerprint density at radius 3 is 2.95 bits per heavy atom. The van der Waals surface area contributed by atoms with Gasteiger partial charge in [-0.2, -0.15) is 0 Å². The van der Waals surface area contributed by atoms with Gasteiger partial charge in [0.2, 0.25) is 0 Å². The van der Waals surface area contributed by atoms with E-state index in [0.717, 1.165) is 37.3 Å². The van der Waals surface area contributed by atoms with Gasteiger partial charge in [-0.05, 0) is 29.7 Å². The number of carbonyl (C=O) groups is 1. The number of amides is 2. The maximum absolute atomic E-state index is 11.5. The Bertz CT molecular complexity index is 689. The molecule has 0 unspecified atom stereocenters. The summed E-state index contributed by atoms with van der Waals surface area (Å²) in [7, 11) is 1.62. The number of H-pyrrole nitrogens is 1. The first-order valence-corrected chi connectivity index (χ1v) is 7.91. The van der Waals surface area contributed by atoms with Crippen molar-refractivity contribution < 1.29 is 4.79 Å². The summed E-state index contributed by atoms with van der Waals surface area (Å²) < 4.78 is 0. The van der Waals surface area contributed by atoms with Gasteiger partial charge in [-0.25, -0.2) is 4.79 Å². The lowest BCUT2D eigenvalue weighted by Crippen LogP contribution is -2.33. The minimum absolute atomic E-state index is 0.190. The maximum atomic E-state index is 11.5. The SMILES string of the molecule is CNC(=O)Nc1ccc2[nH]c3c(c2c1)CN(CC(C)C)CC3. The Morgan fingerprint density at radius 1 is 1.41 bits per heavy atom. The van der Waals surface area contributed by atoms with Gasteiger partial charge in [0.05, 0.1) is 0 Å². The number of carbonyl (C=O) groups excluding carboxylic acids is 1. The standard InChI is InChI=1S/C17H24N4O/c1-11(2)9-21-7-6-16-14(10-21)13-8-12(19-17(22)18-3)4-5-15(13)20-16/h4-5,8,11,20H,6-7,9-10H2,1-3H3,(H2,18,19,22). The summed E-state index contributed by atoms with van der Waals surface area (Å²) >= 11 is 0. The molecular weight excluding hydrogens is 276 g/mol. The van der Waals surface area contributed by atoms with E-state index in [-0.39, 0.29) is 6.03 Å². The number of benzene rings is 1. The third-order valence-electron chi connectivity index (χ3n) is 4.16. The Morgan fingerprint density at radius 2 is 2.23 bits per heavy atom. The molecule has 0 aliphatic carbocycles. The van der Waals surface area contributed by atoms with Crippen molar-refractivity contribution >= 4 is 22.6 Å². The molecule has 1 aromatic carbocycles. The van der Waals surface area contributed by atoms with Crippen LogP contribution in [0.5, 0.6) is 0 Å². The second kappa shape index (κ2) is 6.01. The minimum Gasteiger partial charge on any atom is -0.358 e. The van der Waals surface area contributed by atoms with E-state index in [9.17, 15) is 4.79 Å². The van der Waals surface area contributed by atoms with Gasteiger partial charge in [-0.15, -0.1) is 0 Å². The molecule has 0 saturated carbocycles. The molecule has 2 aromatic rings. The smallest absolute Gasteiger partial charge is 0.318 e. The van der Waals surface area contributed by atoms with Crippen LogP contribution in [-0.4, -0.2) is 36.1 Å². The molecular formula is C17H24N4O. The number of aromatic amines is 1. The molecule has 1 aromatic heterocycles. The fourth-order valence-electron chi connectivity index (χ4n) is 3.21. The van der Waals surface area contributed by atoms with Crippen LogP contribution in [0.1, 0.15) is 25.1 Å². The van der Waals surface area contributed by atoms with Crippen molar-refractivity contribution in [2.45, 2.75) is 26.8 Å². The van der Waals surface area contributed by atoms with Crippen LogP contribution in [0.4, 0.5) is 10.5 Å². The largest absolute Gasteiger partial charge is 0.358 e. The van der Waals surface area contributed by atoms with Crippen molar-refractivity contribution in [3.05, 3.63) is 29.5 Å². The fraction of sp³-hybridized carbons (Fsp3) is 0.471. The van der Waals surface area contributed by atoms with E-state index < -0.39 is 0 Å². The summed E-state index contributed by atoms with van der Waals surface area (Å²) in [5.74, 6) is 0.678. The Balaban J connectivity index is 1.90. The first-order valence-electron chi connectivity index (χ1n) is 7.91. The van der Waals surface area contributed by atoms with Crippen LogP contribution < -0.4 is 10.6 Å². The van der Waals surface area contributed by atoms with Crippen LogP contribution in [0.3, 0.4) is 0 Å². The zero-order chi connectivity index (χ0) is 15.7. The Kier molecular flexibility index (Phi) is 4.07. The van der Waals surface area contributed by atoms with Crippen LogP contribution in [0.15, 0.2) is 18.2 Å². The number of fused-ring (bicyclic) bond motifs is 3. The first-order chi connectivity index (χ1) is 10.6. The molecule has 0 atom stereocenters. The zero-order valence-corrected chi connectivity index (χ0v) is 13.5. The Labute approximate surface area is 131 Å². The van der Waals surface area contributed by atoms with Crippen LogP contribution in [-0.2, 0) is 13.0 Å². The monoisotopic (exact) mass is 300 g/mol. The van der Waals surface area contributed by atoms with Crippen molar-refractivity contribution in [3.63, 3.8) is 0 Å². The second-order valence-electron chi connectivity index (χ2n) is 6.43. The van der Waals surface area contributed by atoms with Gasteiger partial charge in [0, 0.05) is 55.4 Å². The minimum atomic E-state index is -0.190. The average Bonchev–Trinajstić information content (AvgIpc) is 2.84. The van der Waals surface area contributed by atoms with Gasteiger partial charge in [-0.3, -0.25) is 4.90 Å². The predicted molar refractivity (Wildman–Crippen MR) is 90.2 cm³/mol. The maximum Gasteiger partial charge on any atom is 0.318 e. The summed E-state index contributed by atoms with van der Waals surface area (Å²) in [6.45, 7) is 7.74. The molecule has 5 nitrogen and oxygen atoms in total. The molecule has 3 N–H and O–H groups in total. The molecule has 2 heterocycles. The Hall–Kier alpha value is -2.01. The molecule has 2 amide bonds. The van der Waals surface area contributed by atoms with Crippen molar-refractivity contribution in [2.75, 3.05) is 25.5 Å². The molecule has 0 saturated heterocycles. The van der Waals surface area contributed by atoms with Crippen molar-refractivity contribution in [2.24, 2.45) is 5.92 Å². The number of nitrogens with one attached hydrogen (secondary N) is 3. The molecule has 1 aliphatic heterocycles. The molecule has 0 fully saturated rings. The lowest BCUT2D eigenvalue weighted by atomic mass is 10.0. The van der Waals surface area contributed by atoms with Crippen LogP contribution in [0.2, 0.25) is 0 Å². The zero-order valence-electron chi connectivity index (χ0n) is 13.5. The normalized spacial score (nSPS) is 15.1. The molecule has 5 heteroatoms. The van der Waals surface area contributed by atoms with E-state index in [4.69, 9.17) is 0 Å². The molecule has 0 spiro atoms. The number of urea groups is 1. The topological polar surface area (TPSA) is 60.2 Å². The predicted octanol–water partition coefficient (Wildman–Crippen LogP) is 2.93. The van der Waals surface area contributed by atoms with Gasteiger partial charge >= 0.3 is 6.03 Å². The average molecular weight is 300 g/mol. The lowest BCUT2D eigenvalue weighted by Gasteiger charge is -2.28. The van der Waals surface area contributed by atoms with Crippen LogP contribution in [0.25, 0.3) is 10.9 Å². The van der Waals surface area contributed by atoms with Crippen molar-refractivity contribution in [1.82, 2.24) is 15.2 Å². The van der Waals surface area contributed by atoms with Crippen LogP contribution >= 0.6 is 0 Å². The van der Waals surface area contributed by atoms with Crippen molar-refractivity contribution in [1.29, 1.82) is 0 Å². The van der Waals surface area contributed by atoms with E-state index in [2.05, 4.69) is 40.4 Å². The third-order valence-corrected chi connectivity index (χ3v) is 4.16. The highest BCUT2D eigenvalue weighted by Gasteiger charge is 2.21. The molecule has 0 bridgehead atoms. The highest BCUT2D eigenvalue weighted by Crippen LogP contribution is 2.30. The summed E-state index contributed by atoms with van der Waals surface area (Å²) in [4.78, 5) is 17.5. The van der Waals surface area contributed by atoms with Gasteiger partial charge in [0.1, 0.15) is 0 Å². The first kappa shape index (κ1) is 14.9. The molecule has 22 heavy (non-hydrogen) atoms. The quantitative estimate of drug-likeness (QED) is 0.816. The summed E-state index contributed by atoms with van der Waals surface area (Å²) in [6, 6.07) is 5.86. The van der Waals surface area contributed by atoms with Crippen LogP contribution in [0, 0.1) is 5.92 Å². The summed E-state index contributed by atoms with van der Waals surface area (Å²) in [6.07, 6.45) is 1.06. The number of anilines is 1. The van der Waals surface area contributed by atoms with Gasteiger partial charge in [0.15, 0.2) is 0 Å². The highest BCUT2D eigenvalue weighted by molar-refractivity contribution is 5.94. The molecule has 3 rings (SSSR count). The second-order valence-corrected chi connectivity index (χ2v) is 6.43. The molecule has 1 aliphatic rings. The van der Waals surface area contributed by atoms with E-state index in [1.54, 1.807) is 7.05 Å². The lowest BCUT2D eigenvalue weighted by molar-refractivity contribution is 0.226. The van der Waals surface area contributed by atoms with E-state index >= 15 is 0 Å². The number of hydrogen-bond acceptors (Lipinski definition) is 2. The number of nitrogens with zero attached hydrogens (tertiary/aromatic N) is 1. The van der Waals surface area contributed by atoms with E-state index in [1.807, 2.05) is 12.1 Å². The molecule has 118 valence electrons. The number of aromatic nitrogens is 1. The summed E-state index contributed by atoms with van der Waals surface area (Å²) in [5, 5.41) is 6.65. The fourth-order valence-corrected chi connectivity index (χ4v) is 3.21.